The smallest absolute Gasteiger partial charge is 0.305 e. The molecule has 0 aliphatic carbocycles. The van der Waals surface area contributed by atoms with Crippen LogP contribution in [0.15, 0.2) is 18.2 Å². The number of halogens is 3. The zero-order chi connectivity index (χ0) is 12.1. The number of nitrogens with one attached hydrogen (secondary N) is 2. The maximum atomic E-state index is 11.3. The van der Waals surface area contributed by atoms with Gasteiger partial charge in [-0.2, -0.15) is 0 Å². The van der Waals surface area contributed by atoms with Gasteiger partial charge in [-0.3, -0.25) is 10.1 Å². The molecule has 3 amide bonds. The van der Waals surface area contributed by atoms with Crippen LogP contribution in [0.25, 0.3) is 0 Å². The molecule has 0 aliphatic heterocycles. The van der Waals surface area contributed by atoms with Gasteiger partial charge in [0.05, 0.1) is 15.7 Å². The van der Waals surface area contributed by atoms with E-state index in [0.29, 0.717) is 0 Å². The number of carbonyl (C=O) groups excluding carboxylic acids is 2. The summed E-state index contributed by atoms with van der Waals surface area (Å²) in [6, 6.07) is 4.02. The molecule has 0 radical (unpaired) electrons. The number of carbonyl (C=O) groups is 2. The van der Waals surface area contributed by atoms with Crippen LogP contribution in [0.5, 0.6) is 0 Å². The molecule has 86 valence electrons. The Hall–Kier alpha value is -0.970. The second kappa shape index (κ2) is 5.94. The number of alkyl halides is 1. The maximum absolute atomic E-state index is 11.3. The van der Waals surface area contributed by atoms with Crippen LogP contribution >= 0.6 is 34.8 Å². The van der Waals surface area contributed by atoms with E-state index in [2.05, 4.69) is 5.32 Å². The molecule has 0 fully saturated rings. The molecule has 4 nitrogen and oxygen atoms in total. The summed E-state index contributed by atoms with van der Waals surface area (Å²) < 4.78 is 0. The normalized spacial score (nSPS) is 9.69. The molecule has 1 aromatic rings. The Labute approximate surface area is 107 Å². The Morgan fingerprint density at radius 1 is 1.19 bits per heavy atom. The van der Waals surface area contributed by atoms with E-state index in [1.54, 1.807) is 18.2 Å². The van der Waals surface area contributed by atoms with Crippen LogP contribution < -0.4 is 10.6 Å². The topological polar surface area (TPSA) is 58.2 Å². The SMILES string of the molecule is O=C(CCl)NC(=O)Nc1c(Cl)cccc1Cl. The number of rotatable bonds is 2. The van der Waals surface area contributed by atoms with Crippen molar-refractivity contribution in [2.45, 2.75) is 0 Å². The van der Waals surface area contributed by atoms with Crippen molar-refractivity contribution in [2.75, 3.05) is 11.2 Å². The van der Waals surface area contributed by atoms with Gasteiger partial charge in [-0.1, -0.05) is 29.3 Å². The molecule has 0 bridgehead atoms. The molecule has 7 heteroatoms. The van der Waals surface area contributed by atoms with Crippen molar-refractivity contribution >= 4 is 52.4 Å². The molecule has 0 saturated heterocycles. The van der Waals surface area contributed by atoms with Crippen molar-refractivity contribution in [2.24, 2.45) is 0 Å². The highest BCUT2D eigenvalue weighted by Gasteiger charge is 2.11. The van der Waals surface area contributed by atoms with Crippen LogP contribution in [0.2, 0.25) is 10.0 Å². The third-order valence-corrected chi connectivity index (χ3v) is 2.45. The number of hydrogen-bond acceptors (Lipinski definition) is 2. The second-order valence-corrected chi connectivity index (χ2v) is 3.81. The van der Waals surface area contributed by atoms with Crippen LogP contribution in [0.4, 0.5) is 10.5 Å². The van der Waals surface area contributed by atoms with Crippen LogP contribution in [-0.4, -0.2) is 17.8 Å². The predicted octanol–water partition coefficient (Wildman–Crippen LogP) is 2.88. The summed E-state index contributed by atoms with van der Waals surface area (Å²) in [5.41, 5.74) is 0.241. The van der Waals surface area contributed by atoms with E-state index >= 15 is 0 Å². The van der Waals surface area contributed by atoms with E-state index in [4.69, 9.17) is 34.8 Å². The lowest BCUT2D eigenvalue weighted by Crippen LogP contribution is -2.35. The summed E-state index contributed by atoms with van der Waals surface area (Å²) in [4.78, 5) is 22.1. The molecule has 0 aromatic heterocycles. The van der Waals surface area contributed by atoms with Gasteiger partial charge in [-0.05, 0) is 12.1 Å². The minimum Gasteiger partial charge on any atom is -0.305 e. The molecule has 0 saturated carbocycles. The number of benzene rings is 1. The van der Waals surface area contributed by atoms with Gasteiger partial charge in [-0.15, -0.1) is 11.6 Å². The molecular weight excluding hydrogens is 274 g/mol. The summed E-state index contributed by atoms with van der Waals surface area (Å²) >= 11 is 16.8. The van der Waals surface area contributed by atoms with Gasteiger partial charge in [-0.25, -0.2) is 4.79 Å². The third-order valence-electron chi connectivity index (χ3n) is 1.58. The van der Waals surface area contributed by atoms with Crippen molar-refractivity contribution in [1.29, 1.82) is 0 Å². The number of amides is 3. The number of para-hydroxylation sites is 1. The average Bonchev–Trinajstić information content (AvgIpc) is 2.23. The summed E-state index contributed by atoms with van der Waals surface area (Å²) in [6.45, 7) is 0. The number of anilines is 1. The predicted molar refractivity (Wildman–Crippen MR) is 64.3 cm³/mol. The minimum atomic E-state index is -0.736. The quantitative estimate of drug-likeness (QED) is 0.819. The summed E-state index contributed by atoms with van der Waals surface area (Å²) in [5.74, 6) is -0.911. The Kier molecular flexibility index (Phi) is 4.86. The Morgan fingerprint density at radius 2 is 1.75 bits per heavy atom. The van der Waals surface area contributed by atoms with Crippen molar-refractivity contribution in [3.05, 3.63) is 28.2 Å². The first-order valence-corrected chi connectivity index (χ1v) is 5.44. The molecule has 2 N–H and O–H groups in total. The van der Waals surface area contributed by atoms with Crippen molar-refractivity contribution in [3.63, 3.8) is 0 Å². The van der Waals surface area contributed by atoms with Crippen LogP contribution in [-0.2, 0) is 4.79 Å². The van der Waals surface area contributed by atoms with E-state index in [1.165, 1.54) is 0 Å². The van der Waals surface area contributed by atoms with E-state index in [1.807, 2.05) is 5.32 Å². The van der Waals surface area contributed by atoms with Crippen molar-refractivity contribution in [1.82, 2.24) is 5.32 Å². The van der Waals surface area contributed by atoms with Crippen LogP contribution in [0.1, 0.15) is 0 Å². The first kappa shape index (κ1) is 13.1. The summed E-state index contributed by atoms with van der Waals surface area (Å²) in [5, 5.41) is 4.90. The molecule has 1 aromatic carbocycles. The standard InChI is InChI=1S/C9H7Cl3N2O2/c10-4-7(15)13-9(16)14-8-5(11)2-1-3-6(8)12/h1-3H,4H2,(H2,13,14,15,16). The minimum absolute atomic E-state index is 0.241. The highest BCUT2D eigenvalue weighted by Crippen LogP contribution is 2.29. The number of imide groups is 1. The molecule has 0 aliphatic rings. The Bertz CT molecular complexity index is 403. The number of hydrogen-bond donors (Lipinski definition) is 2. The lowest BCUT2D eigenvalue weighted by atomic mass is 10.3. The lowest BCUT2D eigenvalue weighted by Gasteiger charge is -2.08. The summed E-state index contributed by atoms with van der Waals surface area (Å²) in [6.07, 6.45) is 0. The average molecular weight is 282 g/mol. The third kappa shape index (κ3) is 3.56. The molecule has 16 heavy (non-hydrogen) atoms. The molecule has 0 unspecified atom stereocenters. The Morgan fingerprint density at radius 3 is 2.25 bits per heavy atom. The van der Waals surface area contributed by atoms with Gasteiger partial charge >= 0.3 is 6.03 Å². The van der Waals surface area contributed by atoms with Gasteiger partial charge in [0.15, 0.2) is 0 Å². The van der Waals surface area contributed by atoms with E-state index in [0.717, 1.165) is 0 Å². The maximum Gasteiger partial charge on any atom is 0.325 e. The molecule has 0 spiro atoms. The number of urea groups is 1. The lowest BCUT2D eigenvalue weighted by molar-refractivity contribution is -0.117. The van der Waals surface area contributed by atoms with Gasteiger partial charge in [0, 0.05) is 0 Å². The summed E-state index contributed by atoms with van der Waals surface area (Å²) in [7, 11) is 0. The fraction of sp³-hybridized carbons (Fsp3) is 0.111. The first-order chi connectivity index (χ1) is 7.54. The fourth-order valence-electron chi connectivity index (χ4n) is 0.922. The highest BCUT2D eigenvalue weighted by molar-refractivity contribution is 6.39. The van der Waals surface area contributed by atoms with Gasteiger partial charge < -0.3 is 5.32 Å². The van der Waals surface area contributed by atoms with Crippen LogP contribution in [0, 0.1) is 0 Å². The van der Waals surface area contributed by atoms with E-state index in [-0.39, 0.29) is 21.6 Å². The largest absolute Gasteiger partial charge is 0.325 e. The van der Waals surface area contributed by atoms with Crippen molar-refractivity contribution in [3.8, 4) is 0 Å². The van der Waals surface area contributed by atoms with Gasteiger partial charge in [0.25, 0.3) is 0 Å². The monoisotopic (exact) mass is 280 g/mol. The van der Waals surface area contributed by atoms with Gasteiger partial charge in [0.2, 0.25) is 5.91 Å². The van der Waals surface area contributed by atoms with Crippen LogP contribution in [0.3, 0.4) is 0 Å². The highest BCUT2D eigenvalue weighted by atomic mass is 35.5. The van der Waals surface area contributed by atoms with E-state index in [9.17, 15) is 9.59 Å². The molecule has 1 rings (SSSR count). The van der Waals surface area contributed by atoms with Gasteiger partial charge in [0.1, 0.15) is 5.88 Å². The molecule has 0 heterocycles. The fourth-order valence-corrected chi connectivity index (χ4v) is 1.48. The zero-order valence-corrected chi connectivity index (χ0v) is 10.2. The first-order valence-electron chi connectivity index (χ1n) is 4.15. The zero-order valence-electron chi connectivity index (χ0n) is 7.89. The van der Waals surface area contributed by atoms with Crippen molar-refractivity contribution < 1.29 is 9.59 Å². The Balaban J connectivity index is 2.73. The second-order valence-electron chi connectivity index (χ2n) is 2.73. The van der Waals surface area contributed by atoms with E-state index < -0.39 is 11.9 Å². The molecule has 0 atom stereocenters. The molecular formula is C9H7Cl3N2O2.